The SMILES string of the molecule is CCOS(=O)(=O)C1CC=CC=C1c1ccc(OC)nc1. The van der Waals surface area contributed by atoms with E-state index < -0.39 is 15.4 Å². The molecule has 1 aliphatic rings. The molecule has 0 amide bonds. The van der Waals surface area contributed by atoms with Gasteiger partial charge in [0.1, 0.15) is 5.25 Å². The first-order valence-electron chi connectivity index (χ1n) is 6.34. The number of pyridine rings is 1. The number of hydrogen-bond acceptors (Lipinski definition) is 5. The van der Waals surface area contributed by atoms with Crippen molar-refractivity contribution in [1.29, 1.82) is 0 Å². The Hall–Kier alpha value is -1.66. The maximum atomic E-state index is 12.2. The normalized spacial score (nSPS) is 18.7. The Balaban J connectivity index is 2.35. The molecule has 0 N–H and O–H groups in total. The molecule has 5 nitrogen and oxygen atoms in total. The number of ether oxygens (including phenoxy) is 1. The molecule has 1 aliphatic carbocycles. The van der Waals surface area contributed by atoms with Crippen LogP contribution in [0.4, 0.5) is 0 Å². The van der Waals surface area contributed by atoms with Crippen molar-refractivity contribution in [3.05, 3.63) is 42.1 Å². The summed E-state index contributed by atoms with van der Waals surface area (Å²) in [4.78, 5) is 4.11. The van der Waals surface area contributed by atoms with E-state index in [2.05, 4.69) is 4.98 Å². The van der Waals surface area contributed by atoms with Crippen LogP contribution in [-0.2, 0) is 14.3 Å². The zero-order chi connectivity index (χ0) is 14.6. The van der Waals surface area contributed by atoms with E-state index in [1.54, 1.807) is 31.3 Å². The molecule has 0 saturated carbocycles. The second kappa shape index (κ2) is 6.19. The van der Waals surface area contributed by atoms with Gasteiger partial charge in [0, 0.05) is 12.3 Å². The summed E-state index contributed by atoms with van der Waals surface area (Å²) in [5.41, 5.74) is 1.44. The fourth-order valence-corrected chi connectivity index (χ4v) is 3.45. The van der Waals surface area contributed by atoms with Gasteiger partial charge in [-0.1, -0.05) is 18.2 Å². The van der Waals surface area contributed by atoms with Crippen molar-refractivity contribution in [2.45, 2.75) is 18.6 Å². The molecule has 6 heteroatoms. The first-order chi connectivity index (χ1) is 9.58. The van der Waals surface area contributed by atoms with E-state index in [1.807, 2.05) is 12.2 Å². The Bertz CT molecular complexity index is 617. The Kier molecular flexibility index (Phi) is 4.57. The van der Waals surface area contributed by atoms with Crippen LogP contribution < -0.4 is 4.74 Å². The van der Waals surface area contributed by atoms with E-state index in [0.717, 1.165) is 5.56 Å². The van der Waals surface area contributed by atoms with Crippen LogP contribution in [-0.4, -0.2) is 32.4 Å². The molecule has 0 spiro atoms. The van der Waals surface area contributed by atoms with Crippen molar-refractivity contribution in [3.63, 3.8) is 0 Å². The first kappa shape index (κ1) is 14.7. The summed E-state index contributed by atoms with van der Waals surface area (Å²) in [5.74, 6) is 0.491. The molecular weight excluding hydrogens is 278 g/mol. The van der Waals surface area contributed by atoms with E-state index in [9.17, 15) is 8.42 Å². The molecule has 1 atom stereocenters. The number of rotatable bonds is 5. The van der Waals surface area contributed by atoms with Crippen molar-refractivity contribution in [1.82, 2.24) is 4.98 Å². The molecule has 0 radical (unpaired) electrons. The van der Waals surface area contributed by atoms with Crippen molar-refractivity contribution in [3.8, 4) is 5.88 Å². The van der Waals surface area contributed by atoms with Crippen LogP contribution in [0.2, 0.25) is 0 Å². The lowest BCUT2D eigenvalue weighted by atomic mass is 9.98. The van der Waals surface area contributed by atoms with Gasteiger partial charge in [-0.3, -0.25) is 4.18 Å². The highest BCUT2D eigenvalue weighted by Crippen LogP contribution is 2.30. The minimum atomic E-state index is -3.62. The minimum absolute atomic E-state index is 0.136. The van der Waals surface area contributed by atoms with Gasteiger partial charge >= 0.3 is 0 Å². The van der Waals surface area contributed by atoms with E-state index in [0.29, 0.717) is 17.9 Å². The average molecular weight is 295 g/mol. The molecule has 1 aromatic rings. The zero-order valence-corrected chi connectivity index (χ0v) is 12.3. The number of aromatic nitrogens is 1. The van der Waals surface area contributed by atoms with Gasteiger partial charge in [0.05, 0.1) is 13.7 Å². The van der Waals surface area contributed by atoms with Gasteiger partial charge in [0.15, 0.2) is 0 Å². The van der Waals surface area contributed by atoms with Crippen LogP contribution in [0.3, 0.4) is 0 Å². The first-order valence-corrected chi connectivity index (χ1v) is 7.81. The molecule has 1 aromatic heterocycles. The summed E-state index contributed by atoms with van der Waals surface area (Å²) in [5, 5.41) is -0.692. The molecular formula is C14H17NO4S. The van der Waals surface area contributed by atoms with Gasteiger partial charge in [-0.15, -0.1) is 0 Å². The smallest absolute Gasteiger partial charge is 0.274 e. The van der Waals surface area contributed by atoms with Gasteiger partial charge < -0.3 is 4.74 Å². The van der Waals surface area contributed by atoms with Gasteiger partial charge in [0.2, 0.25) is 5.88 Å². The molecule has 108 valence electrons. The number of allylic oxidation sites excluding steroid dienone is 3. The summed E-state index contributed by atoms with van der Waals surface area (Å²) in [6.07, 6.45) is 7.46. The number of hydrogen-bond donors (Lipinski definition) is 0. The van der Waals surface area contributed by atoms with E-state index in [1.165, 1.54) is 7.11 Å². The summed E-state index contributed by atoms with van der Waals surface area (Å²) in [7, 11) is -2.09. The van der Waals surface area contributed by atoms with Crippen molar-refractivity contribution in [2.75, 3.05) is 13.7 Å². The monoisotopic (exact) mass is 295 g/mol. The predicted molar refractivity (Wildman–Crippen MR) is 76.9 cm³/mol. The van der Waals surface area contributed by atoms with Crippen molar-refractivity contribution in [2.24, 2.45) is 0 Å². The third kappa shape index (κ3) is 3.08. The van der Waals surface area contributed by atoms with Crippen LogP contribution in [0.25, 0.3) is 5.57 Å². The minimum Gasteiger partial charge on any atom is -0.481 e. The van der Waals surface area contributed by atoms with Crippen molar-refractivity contribution < 1.29 is 17.3 Å². The molecule has 0 bridgehead atoms. The summed E-state index contributed by atoms with van der Waals surface area (Å²) in [6, 6.07) is 3.50. The average Bonchev–Trinajstić information content (AvgIpc) is 2.47. The molecule has 20 heavy (non-hydrogen) atoms. The van der Waals surface area contributed by atoms with Crippen LogP contribution >= 0.6 is 0 Å². The quantitative estimate of drug-likeness (QED) is 0.779. The lowest BCUT2D eigenvalue weighted by Crippen LogP contribution is -2.25. The fourth-order valence-electron chi connectivity index (χ4n) is 2.08. The number of methoxy groups -OCH3 is 1. The summed E-state index contributed by atoms with van der Waals surface area (Å²) < 4.78 is 34.2. The molecule has 2 rings (SSSR count). The standard InChI is InChI=1S/C14H17NO4S/c1-3-19-20(16,17)13-7-5-4-6-12(13)11-8-9-14(18-2)15-10-11/h4-6,8-10,13H,3,7H2,1-2H3. The van der Waals surface area contributed by atoms with Gasteiger partial charge in [-0.05, 0) is 30.5 Å². The van der Waals surface area contributed by atoms with E-state index in [4.69, 9.17) is 8.92 Å². The highest BCUT2D eigenvalue weighted by Gasteiger charge is 2.30. The van der Waals surface area contributed by atoms with Gasteiger partial charge in [0.25, 0.3) is 10.1 Å². The van der Waals surface area contributed by atoms with Crippen LogP contribution in [0.1, 0.15) is 18.9 Å². The van der Waals surface area contributed by atoms with Crippen molar-refractivity contribution >= 4 is 15.7 Å². The maximum Gasteiger partial charge on any atom is 0.274 e. The Morgan fingerprint density at radius 1 is 1.40 bits per heavy atom. The summed E-state index contributed by atoms with van der Waals surface area (Å²) in [6.45, 7) is 1.80. The Morgan fingerprint density at radius 3 is 2.80 bits per heavy atom. The Labute approximate surface area is 119 Å². The molecule has 0 aliphatic heterocycles. The summed E-state index contributed by atoms with van der Waals surface area (Å²) >= 11 is 0. The third-order valence-electron chi connectivity index (χ3n) is 3.02. The zero-order valence-electron chi connectivity index (χ0n) is 11.4. The third-order valence-corrected chi connectivity index (χ3v) is 4.73. The largest absolute Gasteiger partial charge is 0.481 e. The highest BCUT2D eigenvalue weighted by molar-refractivity contribution is 7.87. The molecule has 0 saturated heterocycles. The lowest BCUT2D eigenvalue weighted by molar-refractivity contribution is 0.334. The maximum absolute atomic E-state index is 12.2. The topological polar surface area (TPSA) is 65.5 Å². The lowest BCUT2D eigenvalue weighted by Gasteiger charge is -2.21. The predicted octanol–water partition coefficient (Wildman–Crippen LogP) is 2.17. The molecule has 0 aromatic carbocycles. The van der Waals surface area contributed by atoms with E-state index in [-0.39, 0.29) is 6.61 Å². The second-order valence-electron chi connectivity index (χ2n) is 4.26. The molecule has 1 unspecified atom stereocenters. The molecule has 0 fully saturated rings. The van der Waals surface area contributed by atoms with Gasteiger partial charge in [-0.25, -0.2) is 4.98 Å². The second-order valence-corrected chi connectivity index (χ2v) is 6.05. The van der Waals surface area contributed by atoms with E-state index >= 15 is 0 Å². The van der Waals surface area contributed by atoms with Crippen LogP contribution in [0, 0.1) is 0 Å². The fraction of sp³-hybridized carbons (Fsp3) is 0.357. The highest BCUT2D eigenvalue weighted by atomic mass is 32.2. The van der Waals surface area contributed by atoms with Crippen LogP contribution in [0.15, 0.2) is 36.6 Å². The Morgan fingerprint density at radius 2 is 2.20 bits per heavy atom. The number of nitrogens with zero attached hydrogens (tertiary/aromatic N) is 1. The van der Waals surface area contributed by atoms with Crippen LogP contribution in [0.5, 0.6) is 5.88 Å². The van der Waals surface area contributed by atoms with Gasteiger partial charge in [-0.2, -0.15) is 8.42 Å². The molecule has 1 heterocycles.